The van der Waals surface area contributed by atoms with Crippen molar-refractivity contribution in [2.45, 2.75) is 84.7 Å². The van der Waals surface area contributed by atoms with Gasteiger partial charge >= 0.3 is 6.18 Å². The predicted molar refractivity (Wildman–Crippen MR) is 175 cm³/mol. The molecule has 0 unspecified atom stereocenters. The minimum Gasteiger partial charge on any atom is -0.365 e. The number of hydrogen-bond acceptors (Lipinski definition) is 6. The van der Waals surface area contributed by atoms with E-state index < -0.39 is 29.6 Å². The van der Waals surface area contributed by atoms with Crippen molar-refractivity contribution in [2.24, 2.45) is 23.0 Å². The van der Waals surface area contributed by atoms with Gasteiger partial charge in [0.2, 0.25) is 11.9 Å². The number of alkyl halides is 4. The number of imidazole rings is 1. The van der Waals surface area contributed by atoms with E-state index in [4.69, 9.17) is 38.9 Å². The number of primary amides is 1. The molecule has 0 bridgehead atoms. The third-order valence-corrected chi connectivity index (χ3v) is 9.72. The lowest BCUT2D eigenvalue weighted by molar-refractivity contribution is -0.184. The molecule has 3 aromatic rings. The second-order valence-corrected chi connectivity index (χ2v) is 14.3. The first-order chi connectivity index (χ1) is 22.0. The Morgan fingerprint density at radius 1 is 1.02 bits per heavy atom. The zero-order valence-corrected chi connectivity index (χ0v) is 28.0. The molecule has 0 radical (unpaired) electrons. The summed E-state index contributed by atoms with van der Waals surface area (Å²) >= 11 is 13.4. The zero-order chi connectivity index (χ0) is 34.3. The number of fused-ring (bicyclic) bond motifs is 1. The number of benzene rings is 1. The van der Waals surface area contributed by atoms with Crippen molar-refractivity contribution in [1.82, 2.24) is 19.9 Å². The van der Waals surface area contributed by atoms with Crippen LogP contribution < -0.4 is 21.3 Å². The Kier molecular flexibility index (Phi) is 10.2. The minimum absolute atomic E-state index is 0.0201. The summed E-state index contributed by atoms with van der Waals surface area (Å²) in [6.45, 7) is 6.49. The van der Waals surface area contributed by atoms with Crippen LogP contribution in [0.1, 0.15) is 75.2 Å². The molecule has 0 atom stereocenters. The molecule has 2 aromatic heterocycles. The fraction of sp³-hybridized carbons (Fsp3) is 0.562. The number of piperidine rings is 1. The summed E-state index contributed by atoms with van der Waals surface area (Å²) in [4.78, 5) is 36.4. The largest absolute Gasteiger partial charge is 0.391 e. The smallest absolute Gasteiger partial charge is 0.365 e. The van der Waals surface area contributed by atoms with E-state index in [2.05, 4.69) is 10.6 Å². The second-order valence-electron chi connectivity index (χ2n) is 13.5. The normalized spacial score (nSPS) is 19.6. The average Bonchev–Trinajstić information content (AvgIpc) is 3.33. The summed E-state index contributed by atoms with van der Waals surface area (Å²) in [6.07, 6.45) is -3.90. The first-order valence-electron chi connectivity index (χ1n) is 15.7. The van der Waals surface area contributed by atoms with Crippen molar-refractivity contribution in [3.05, 3.63) is 39.4 Å². The van der Waals surface area contributed by atoms with Crippen molar-refractivity contribution >= 4 is 63.6 Å². The molecule has 1 saturated carbocycles. The molecule has 47 heavy (non-hydrogen) atoms. The van der Waals surface area contributed by atoms with Gasteiger partial charge in [-0.15, -0.1) is 0 Å². The summed E-state index contributed by atoms with van der Waals surface area (Å²) in [7, 11) is 0. The van der Waals surface area contributed by atoms with Gasteiger partial charge in [-0.05, 0) is 62.1 Å². The monoisotopic (exact) mass is 699 g/mol. The number of nitrogens with one attached hydrogen (secondary N) is 2. The molecule has 2 amide bonds. The number of hydrogen-bond donors (Lipinski definition) is 3. The quantitative estimate of drug-likeness (QED) is 0.209. The van der Waals surface area contributed by atoms with Gasteiger partial charge in [-0.2, -0.15) is 13.2 Å². The first-order valence-corrected chi connectivity index (χ1v) is 16.5. The number of nitrogens with zero attached hydrogens (tertiary/aromatic N) is 4. The molecule has 9 nitrogen and oxygen atoms in total. The number of nitrogens with two attached hydrogens (primary N) is 1. The van der Waals surface area contributed by atoms with Gasteiger partial charge in [0.15, 0.2) is 5.65 Å². The molecule has 1 aliphatic carbocycles. The lowest BCUT2D eigenvalue weighted by Crippen LogP contribution is -2.36. The van der Waals surface area contributed by atoms with Crippen molar-refractivity contribution < 1.29 is 27.2 Å². The molecule has 3 heterocycles. The van der Waals surface area contributed by atoms with Gasteiger partial charge in [-0.3, -0.25) is 14.2 Å². The molecule has 4 N–H and O–H groups in total. The SMILES string of the molecule is CC(C)(C)C(=O)NCc1ccc(Cl)c(Nc2nc3cc(C(N)=O)c(N4CCC(F)CC4)nc3n2CC2CCC(C(F)(F)F)CC2)c1Cl. The van der Waals surface area contributed by atoms with Crippen LogP contribution in [0.15, 0.2) is 18.2 Å². The predicted octanol–water partition coefficient (Wildman–Crippen LogP) is 7.55. The van der Waals surface area contributed by atoms with Crippen molar-refractivity contribution in [2.75, 3.05) is 23.3 Å². The van der Waals surface area contributed by atoms with E-state index in [1.54, 1.807) is 37.5 Å². The van der Waals surface area contributed by atoms with E-state index in [0.717, 1.165) is 0 Å². The highest BCUT2D eigenvalue weighted by atomic mass is 35.5. The van der Waals surface area contributed by atoms with Crippen molar-refractivity contribution in [3.63, 3.8) is 0 Å². The molecular weight excluding hydrogens is 661 g/mol. The molecular formula is C32H39Cl2F4N7O2. The Balaban J connectivity index is 1.54. The summed E-state index contributed by atoms with van der Waals surface area (Å²) in [6, 6.07) is 4.87. The highest BCUT2D eigenvalue weighted by molar-refractivity contribution is 6.39. The Hall–Kier alpha value is -3.32. The second kappa shape index (κ2) is 13.7. The zero-order valence-electron chi connectivity index (χ0n) is 26.5. The van der Waals surface area contributed by atoms with E-state index in [-0.39, 0.29) is 72.2 Å². The van der Waals surface area contributed by atoms with E-state index >= 15 is 0 Å². The maximum absolute atomic E-state index is 14.0. The van der Waals surface area contributed by atoms with E-state index in [9.17, 15) is 27.2 Å². The van der Waals surface area contributed by atoms with Crippen LogP contribution in [0.2, 0.25) is 10.0 Å². The summed E-state index contributed by atoms with van der Waals surface area (Å²) < 4.78 is 56.0. The maximum Gasteiger partial charge on any atom is 0.391 e. The lowest BCUT2D eigenvalue weighted by atomic mass is 9.81. The summed E-state index contributed by atoms with van der Waals surface area (Å²) in [5.41, 5.74) is 6.89. The van der Waals surface area contributed by atoms with E-state index in [1.807, 2.05) is 4.90 Å². The topological polar surface area (TPSA) is 118 Å². The number of anilines is 3. The number of rotatable bonds is 8. The fourth-order valence-electron chi connectivity index (χ4n) is 6.12. The van der Waals surface area contributed by atoms with Crippen LogP contribution in [0.25, 0.3) is 11.2 Å². The van der Waals surface area contributed by atoms with Crippen LogP contribution in [-0.2, 0) is 17.9 Å². The molecule has 15 heteroatoms. The Labute approximate surface area is 280 Å². The van der Waals surface area contributed by atoms with Crippen molar-refractivity contribution in [3.8, 4) is 0 Å². The highest BCUT2D eigenvalue weighted by Gasteiger charge is 2.41. The third-order valence-electron chi connectivity index (χ3n) is 8.97. The number of halogens is 6. The third kappa shape index (κ3) is 7.88. The molecule has 2 fully saturated rings. The Bertz CT molecular complexity index is 1640. The maximum atomic E-state index is 14.0. The number of aromatic nitrogens is 3. The van der Waals surface area contributed by atoms with Crippen LogP contribution in [0.4, 0.5) is 35.0 Å². The van der Waals surface area contributed by atoms with Gasteiger partial charge in [0, 0.05) is 31.6 Å². The number of amides is 2. The van der Waals surface area contributed by atoms with Crippen LogP contribution >= 0.6 is 23.2 Å². The van der Waals surface area contributed by atoms with E-state index in [1.165, 1.54) is 6.07 Å². The summed E-state index contributed by atoms with van der Waals surface area (Å²) in [5, 5.41) is 6.60. The molecule has 5 rings (SSSR count). The Morgan fingerprint density at radius 2 is 1.68 bits per heavy atom. The minimum atomic E-state index is -4.24. The molecule has 256 valence electrons. The standard InChI is InChI=1S/C32H39Cl2F4N7O2/c1-31(2,3)29(47)40-15-18-6-9-22(33)25(24(18)34)42-30-41-23-14-21(26(39)46)27(44-12-10-20(35)11-13-44)43-28(23)45(30)16-17-4-7-19(8-5-17)32(36,37)38/h6,9,14,17,19-20H,4-5,7-8,10-13,15-16H2,1-3H3,(H2,39,46)(H,40,47)(H,41,42). The van der Waals surface area contributed by atoms with Gasteiger partial charge in [0.1, 0.15) is 17.5 Å². The molecule has 1 aromatic carbocycles. The summed E-state index contributed by atoms with van der Waals surface area (Å²) in [5.74, 6) is -1.76. The average molecular weight is 701 g/mol. The molecule has 1 aliphatic heterocycles. The van der Waals surface area contributed by atoms with Crippen molar-refractivity contribution in [1.29, 1.82) is 0 Å². The van der Waals surface area contributed by atoms with Crippen LogP contribution in [0.3, 0.4) is 0 Å². The first kappa shape index (κ1) is 35.0. The number of carbonyl (C=O) groups is 2. The van der Waals surface area contributed by atoms with Crippen LogP contribution in [-0.4, -0.2) is 51.8 Å². The van der Waals surface area contributed by atoms with Gasteiger partial charge in [-0.25, -0.2) is 14.4 Å². The van der Waals surface area contributed by atoms with Crippen LogP contribution in [0.5, 0.6) is 0 Å². The van der Waals surface area contributed by atoms with E-state index in [0.29, 0.717) is 54.2 Å². The fourth-order valence-corrected chi connectivity index (χ4v) is 6.65. The lowest BCUT2D eigenvalue weighted by Gasteiger charge is -2.31. The van der Waals surface area contributed by atoms with Gasteiger partial charge in [0.05, 0.1) is 27.2 Å². The molecule has 0 spiro atoms. The molecule has 2 aliphatic rings. The van der Waals surface area contributed by atoms with Gasteiger partial charge < -0.3 is 21.3 Å². The molecule has 1 saturated heterocycles. The number of carbonyl (C=O) groups excluding carboxylic acids is 2. The Morgan fingerprint density at radius 3 is 2.28 bits per heavy atom. The van der Waals surface area contributed by atoms with Gasteiger partial charge in [-0.1, -0.05) is 50.0 Å². The van der Waals surface area contributed by atoms with Crippen LogP contribution in [0, 0.1) is 17.3 Å². The highest BCUT2D eigenvalue weighted by Crippen LogP contribution is 2.42. The van der Waals surface area contributed by atoms with Gasteiger partial charge in [0.25, 0.3) is 5.91 Å². The number of pyridine rings is 1.